The van der Waals surface area contributed by atoms with E-state index in [0.717, 1.165) is 10.5 Å². The highest BCUT2D eigenvalue weighted by Gasteiger charge is 2.38. The van der Waals surface area contributed by atoms with Crippen molar-refractivity contribution in [2.24, 2.45) is 5.11 Å². The summed E-state index contributed by atoms with van der Waals surface area (Å²) in [5.74, 6) is -0.214. The maximum absolute atomic E-state index is 12.5. The number of rotatable bonds is 5. The van der Waals surface area contributed by atoms with Crippen molar-refractivity contribution in [1.29, 1.82) is 0 Å². The molecule has 0 aliphatic carbocycles. The summed E-state index contributed by atoms with van der Waals surface area (Å²) >= 11 is 1.55. The number of amides is 3. The van der Waals surface area contributed by atoms with Crippen molar-refractivity contribution in [1.82, 2.24) is 10.2 Å². The highest BCUT2D eigenvalue weighted by molar-refractivity contribution is 7.99. The molecule has 1 unspecified atom stereocenters. The van der Waals surface area contributed by atoms with Gasteiger partial charge in [-0.3, -0.25) is 19.7 Å². The molecule has 1 aromatic rings. The van der Waals surface area contributed by atoms with E-state index in [0.29, 0.717) is 30.8 Å². The molecule has 0 radical (unpaired) electrons. The third-order valence-electron chi connectivity index (χ3n) is 4.02. The minimum Gasteiger partial charge on any atom is -0.322 e. The first-order chi connectivity index (χ1) is 11.6. The van der Waals surface area contributed by atoms with Gasteiger partial charge in [-0.25, -0.2) is 0 Å². The molecule has 0 aromatic heterocycles. The maximum atomic E-state index is 12.5. The molecule has 1 fully saturated rings. The first kappa shape index (κ1) is 16.4. The van der Waals surface area contributed by atoms with E-state index >= 15 is 0 Å². The van der Waals surface area contributed by atoms with E-state index in [1.165, 1.54) is 4.90 Å². The molecule has 0 saturated carbocycles. The zero-order valence-corrected chi connectivity index (χ0v) is 13.6. The smallest absolute Gasteiger partial charge is 0.255 e. The van der Waals surface area contributed by atoms with Gasteiger partial charge < -0.3 is 4.90 Å². The molecule has 0 bridgehead atoms. The summed E-state index contributed by atoms with van der Waals surface area (Å²) < 4.78 is 0. The van der Waals surface area contributed by atoms with Crippen molar-refractivity contribution in [3.05, 3.63) is 39.8 Å². The van der Waals surface area contributed by atoms with Crippen molar-refractivity contribution in [3.63, 3.8) is 0 Å². The van der Waals surface area contributed by atoms with Gasteiger partial charge in [-0.2, -0.15) is 0 Å². The molecule has 3 amide bonds. The molecule has 1 atom stereocenters. The molecule has 9 heteroatoms. The quantitative estimate of drug-likeness (QED) is 0.219. The zero-order chi connectivity index (χ0) is 17.1. The molecule has 1 saturated heterocycles. The Morgan fingerprint density at radius 3 is 2.96 bits per heavy atom. The second kappa shape index (κ2) is 6.94. The molecule has 24 heavy (non-hydrogen) atoms. The van der Waals surface area contributed by atoms with E-state index in [1.807, 2.05) is 12.1 Å². The maximum Gasteiger partial charge on any atom is 0.255 e. The van der Waals surface area contributed by atoms with Gasteiger partial charge in [0, 0.05) is 40.6 Å². The number of hydrogen-bond acceptors (Lipinski definition) is 5. The first-order valence-corrected chi connectivity index (χ1v) is 8.50. The fraction of sp³-hybridized carbons (Fsp3) is 0.400. The number of azide groups is 1. The van der Waals surface area contributed by atoms with Crippen LogP contribution in [0.4, 0.5) is 0 Å². The van der Waals surface area contributed by atoms with Crippen LogP contribution in [0, 0.1) is 0 Å². The fourth-order valence-corrected chi connectivity index (χ4v) is 3.69. The normalized spacial score (nSPS) is 19.8. The van der Waals surface area contributed by atoms with Gasteiger partial charge in [0.15, 0.2) is 0 Å². The van der Waals surface area contributed by atoms with Crippen LogP contribution in [0.3, 0.4) is 0 Å². The monoisotopic (exact) mass is 345 g/mol. The third-order valence-corrected chi connectivity index (χ3v) is 4.99. The second-order valence-corrected chi connectivity index (χ2v) is 6.69. The van der Waals surface area contributed by atoms with Crippen LogP contribution >= 0.6 is 11.8 Å². The number of fused-ring (bicyclic) bond motifs is 1. The van der Waals surface area contributed by atoms with E-state index < -0.39 is 11.9 Å². The highest BCUT2D eigenvalue weighted by atomic mass is 32.2. The van der Waals surface area contributed by atoms with Gasteiger partial charge in [0.05, 0.1) is 0 Å². The summed E-state index contributed by atoms with van der Waals surface area (Å²) in [6, 6.07) is 4.95. The van der Waals surface area contributed by atoms with E-state index in [2.05, 4.69) is 15.3 Å². The van der Waals surface area contributed by atoms with Crippen molar-refractivity contribution < 1.29 is 14.4 Å². The number of carbonyl (C=O) groups excluding carboxylic acids is 3. The number of piperidine rings is 1. The topological polar surface area (TPSA) is 115 Å². The summed E-state index contributed by atoms with van der Waals surface area (Å²) in [7, 11) is 0. The Bertz CT molecular complexity index is 759. The summed E-state index contributed by atoms with van der Waals surface area (Å²) in [5, 5.41) is 5.77. The molecule has 2 aliphatic rings. The lowest BCUT2D eigenvalue weighted by Crippen LogP contribution is -2.52. The number of benzene rings is 1. The third kappa shape index (κ3) is 3.22. The summed E-state index contributed by atoms with van der Waals surface area (Å²) in [5.41, 5.74) is 9.73. The van der Waals surface area contributed by atoms with Gasteiger partial charge in [-0.1, -0.05) is 5.11 Å². The number of nitrogens with one attached hydrogen (secondary N) is 1. The van der Waals surface area contributed by atoms with Gasteiger partial charge in [-0.15, -0.1) is 11.8 Å². The van der Waals surface area contributed by atoms with Crippen LogP contribution in [0.1, 0.15) is 28.8 Å². The van der Waals surface area contributed by atoms with E-state index in [9.17, 15) is 14.4 Å². The van der Waals surface area contributed by atoms with Gasteiger partial charge in [-0.05, 0) is 35.7 Å². The lowest BCUT2D eigenvalue weighted by atomic mass is 10.0. The molecule has 124 valence electrons. The minimum atomic E-state index is -0.594. The first-order valence-electron chi connectivity index (χ1n) is 7.51. The van der Waals surface area contributed by atoms with Crippen molar-refractivity contribution >= 4 is 29.5 Å². The predicted molar refractivity (Wildman–Crippen MR) is 87.2 cm³/mol. The van der Waals surface area contributed by atoms with Crippen LogP contribution in [0.2, 0.25) is 0 Å². The van der Waals surface area contributed by atoms with Crippen molar-refractivity contribution in [2.75, 3.05) is 12.3 Å². The summed E-state index contributed by atoms with van der Waals surface area (Å²) in [6.45, 7) is 0.769. The molecule has 1 aromatic carbocycles. The van der Waals surface area contributed by atoms with E-state index in [-0.39, 0.29) is 18.2 Å². The van der Waals surface area contributed by atoms with Crippen LogP contribution in [0.5, 0.6) is 0 Å². The van der Waals surface area contributed by atoms with E-state index in [1.54, 1.807) is 17.8 Å². The Kier molecular flexibility index (Phi) is 4.73. The SMILES string of the molecule is [N-]=[N+]=NCCSc1ccc2c(c1)CN(C1CCC(=O)NC1=O)C2=O. The number of nitrogens with zero attached hydrogens (tertiary/aromatic N) is 4. The van der Waals surface area contributed by atoms with Crippen LogP contribution in [-0.4, -0.2) is 41.0 Å². The average Bonchev–Trinajstić information content (AvgIpc) is 2.88. The van der Waals surface area contributed by atoms with Gasteiger partial charge in [0.1, 0.15) is 6.04 Å². The molecule has 0 spiro atoms. The minimum absolute atomic E-state index is 0.176. The molecule has 3 rings (SSSR count). The number of imide groups is 1. The fourth-order valence-electron chi connectivity index (χ4n) is 2.89. The predicted octanol–water partition coefficient (Wildman–Crippen LogP) is 1.85. The zero-order valence-electron chi connectivity index (χ0n) is 12.8. The largest absolute Gasteiger partial charge is 0.322 e. The second-order valence-electron chi connectivity index (χ2n) is 5.52. The van der Waals surface area contributed by atoms with Crippen LogP contribution in [-0.2, 0) is 16.1 Å². The summed E-state index contributed by atoms with van der Waals surface area (Å²) in [6.07, 6.45) is 0.606. The average molecular weight is 345 g/mol. The highest BCUT2D eigenvalue weighted by Crippen LogP contribution is 2.30. The van der Waals surface area contributed by atoms with Crippen molar-refractivity contribution in [2.45, 2.75) is 30.3 Å². The Balaban J connectivity index is 1.71. The van der Waals surface area contributed by atoms with E-state index in [4.69, 9.17) is 5.53 Å². The standard InChI is InChI=1S/C15H15N5O3S/c16-19-17-5-6-24-10-1-2-11-9(7-10)8-20(15(11)23)12-3-4-13(21)18-14(12)22/h1-2,7,12H,3-6,8H2,(H,18,21,22). The van der Waals surface area contributed by atoms with Crippen LogP contribution in [0.15, 0.2) is 28.2 Å². The Hall–Kier alpha value is -2.51. The van der Waals surface area contributed by atoms with Crippen LogP contribution in [0.25, 0.3) is 10.4 Å². The molecule has 1 N–H and O–H groups in total. The molecular weight excluding hydrogens is 330 g/mol. The Morgan fingerprint density at radius 1 is 1.38 bits per heavy atom. The number of hydrogen-bond donors (Lipinski definition) is 1. The molecular formula is C15H15N5O3S. The van der Waals surface area contributed by atoms with Gasteiger partial charge >= 0.3 is 0 Å². The number of thioether (sulfide) groups is 1. The van der Waals surface area contributed by atoms with Gasteiger partial charge in [0.25, 0.3) is 5.91 Å². The lowest BCUT2D eigenvalue weighted by molar-refractivity contribution is -0.136. The molecule has 2 heterocycles. The van der Waals surface area contributed by atoms with Gasteiger partial charge in [0.2, 0.25) is 11.8 Å². The Morgan fingerprint density at radius 2 is 2.21 bits per heavy atom. The molecule has 8 nitrogen and oxygen atoms in total. The van der Waals surface area contributed by atoms with Crippen LogP contribution < -0.4 is 5.32 Å². The lowest BCUT2D eigenvalue weighted by Gasteiger charge is -2.29. The molecule has 2 aliphatic heterocycles. The summed E-state index contributed by atoms with van der Waals surface area (Å²) in [4.78, 5) is 41.0. The number of carbonyl (C=O) groups is 3. The Labute approximate surface area is 142 Å². The van der Waals surface area contributed by atoms with Crippen molar-refractivity contribution in [3.8, 4) is 0 Å².